The lowest BCUT2D eigenvalue weighted by Crippen LogP contribution is -2.23. The second kappa shape index (κ2) is 5.86. The van der Waals surface area contributed by atoms with Crippen LogP contribution in [0, 0.1) is 0 Å². The molecule has 0 aromatic heterocycles. The van der Waals surface area contributed by atoms with Gasteiger partial charge in [-0.1, -0.05) is 6.07 Å². The molecule has 0 radical (unpaired) electrons. The minimum atomic E-state index is -4.67. The van der Waals surface area contributed by atoms with Crippen molar-refractivity contribution in [3.05, 3.63) is 36.6 Å². The van der Waals surface area contributed by atoms with E-state index in [0.29, 0.717) is 12.2 Å². The zero-order valence-corrected chi connectivity index (χ0v) is 10.1. The summed E-state index contributed by atoms with van der Waals surface area (Å²) in [6.07, 6.45) is 0.798. The van der Waals surface area contributed by atoms with Crippen LogP contribution in [0.5, 0.6) is 5.75 Å². The molecule has 1 N–H and O–H groups in total. The van der Waals surface area contributed by atoms with Gasteiger partial charge >= 0.3 is 6.36 Å². The number of hydrogen-bond acceptors (Lipinski definition) is 3. The molecule has 0 aliphatic carbocycles. The fourth-order valence-corrected chi connectivity index (χ4v) is 1.77. The van der Waals surface area contributed by atoms with E-state index in [1.54, 1.807) is 12.3 Å². The van der Waals surface area contributed by atoms with Crippen molar-refractivity contribution in [3.63, 3.8) is 0 Å². The highest BCUT2D eigenvalue weighted by molar-refractivity contribution is 5.48. The molecule has 0 spiro atoms. The van der Waals surface area contributed by atoms with Gasteiger partial charge in [-0.3, -0.25) is 0 Å². The maximum Gasteiger partial charge on any atom is 0.573 e. The van der Waals surface area contributed by atoms with E-state index in [1.807, 2.05) is 6.08 Å². The van der Waals surface area contributed by atoms with Crippen LogP contribution in [0.3, 0.4) is 0 Å². The second-order valence-corrected chi connectivity index (χ2v) is 4.16. The van der Waals surface area contributed by atoms with E-state index in [2.05, 4.69) is 10.1 Å². The Morgan fingerprint density at radius 1 is 1.37 bits per heavy atom. The van der Waals surface area contributed by atoms with Crippen LogP contribution < -0.4 is 10.1 Å². The molecule has 1 heterocycles. The monoisotopic (exact) mass is 273 g/mol. The maximum atomic E-state index is 12.1. The highest BCUT2D eigenvalue weighted by Gasteiger charge is 2.31. The van der Waals surface area contributed by atoms with Crippen molar-refractivity contribution in [1.82, 2.24) is 0 Å². The largest absolute Gasteiger partial charge is 0.573 e. The summed E-state index contributed by atoms with van der Waals surface area (Å²) < 4.78 is 45.4. The molecule has 0 bridgehead atoms. The quantitative estimate of drug-likeness (QED) is 0.907. The first-order valence-electron chi connectivity index (χ1n) is 5.93. The fourth-order valence-electron chi connectivity index (χ4n) is 1.77. The van der Waals surface area contributed by atoms with Crippen LogP contribution in [-0.4, -0.2) is 19.0 Å². The van der Waals surface area contributed by atoms with Crippen LogP contribution in [-0.2, 0) is 4.74 Å². The van der Waals surface area contributed by atoms with Crippen molar-refractivity contribution in [3.8, 4) is 5.75 Å². The number of alkyl halides is 3. The van der Waals surface area contributed by atoms with Crippen LogP contribution in [0.1, 0.15) is 12.8 Å². The Morgan fingerprint density at radius 2 is 2.21 bits per heavy atom. The number of anilines is 1. The van der Waals surface area contributed by atoms with E-state index >= 15 is 0 Å². The summed E-state index contributed by atoms with van der Waals surface area (Å²) in [4.78, 5) is 0. The average molecular weight is 273 g/mol. The minimum absolute atomic E-state index is 0.0391. The predicted molar refractivity (Wildman–Crippen MR) is 64.9 cm³/mol. The predicted octanol–water partition coefficient (Wildman–Crippen LogP) is 3.69. The van der Waals surface area contributed by atoms with E-state index in [4.69, 9.17) is 4.74 Å². The first-order chi connectivity index (χ1) is 9.03. The molecule has 104 valence electrons. The van der Waals surface area contributed by atoms with Gasteiger partial charge < -0.3 is 14.8 Å². The molecule has 1 aromatic rings. The van der Waals surface area contributed by atoms with Gasteiger partial charge in [0, 0.05) is 11.8 Å². The van der Waals surface area contributed by atoms with Gasteiger partial charge in [0.15, 0.2) is 0 Å². The SMILES string of the molecule is FC(F)(F)Oc1cccc(NCC2CCC=CO2)c1. The van der Waals surface area contributed by atoms with Gasteiger partial charge in [-0.2, -0.15) is 0 Å². The van der Waals surface area contributed by atoms with Gasteiger partial charge in [-0.25, -0.2) is 0 Å². The lowest BCUT2D eigenvalue weighted by atomic mass is 10.1. The molecular weight excluding hydrogens is 259 g/mol. The molecule has 1 atom stereocenters. The highest BCUT2D eigenvalue weighted by atomic mass is 19.4. The number of hydrogen-bond donors (Lipinski definition) is 1. The zero-order valence-electron chi connectivity index (χ0n) is 10.1. The number of nitrogens with one attached hydrogen (secondary N) is 1. The molecule has 6 heteroatoms. The van der Waals surface area contributed by atoms with E-state index in [9.17, 15) is 13.2 Å². The topological polar surface area (TPSA) is 30.5 Å². The summed E-state index contributed by atoms with van der Waals surface area (Å²) in [6.45, 7) is 0.541. The number of benzene rings is 1. The fraction of sp³-hybridized carbons (Fsp3) is 0.385. The molecule has 0 saturated carbocycles. The minimum Gasteiger partial charge on any atom is -0.497 e. The number of ether oxygens (including phenoxy) is 2. The Morgan fingerprint density at radius 3 is 2.89 bits per heavy atom. The zero-order chi connectivity index (χ0) is 13.7. The molecule has 3 nitrogen and oxygen atoms in total. The molecule has 1 aromatic carbocycles. The second-order valence-electron chi connectivity index (χ2n) is 4.16. The van der Waals surface area contributed by atoms with Gasteiger partial charge in [0.05, 0.1) is 12.8 Å². The Hall–Kier alpha value is -1.85. The van der Waals surface area contributed by atoms with Crippen LogP contribution in [0.4, 0.5) is 18.9 Å². The van der Waals surface area contributed by atoms with Gasteiger partial charge in [0.1, 0.15) is 11.9 Å². The maximum absolute atomic E-state index is 12.1. The van der Waals surface area contributed by atoms with Crippen molar-refractivity contribution in [2.75, 3.05) is 11.9 Å². The Bertz CT molecular complexity index is 446. The third-order valence-electron chi connectivity index (χ3n) is 2.62. The summed E-state index contributed by atoms with van der Waals surface area (Å²) in [5.74, 6) is -0.234. The summed E-state index contributed by atoms with van der Waals surface area (Å²) in [5.41, 5.74) is 0.569. The van der Waals surface area contributed by atoms with Crippen molar-refractivity contribution in [2.45, 2.75) is 25.3 Å². The lowest BCUT2D eigenvalue weighted by Gasteiger charge is -2.20. The average Bonchev–Trinajstić information content (AvgIpc) is 2.36. The van der Waals surface area contributed by atoms with Crippen LogP contribution in [0.25, 0.3) is 0 Å². The van der Waals surface area contributed by atoms with Crippen LogP contribution in [0.15, 0.2) is 36.6 Å². The van der Waals surface area contributed by atoms with E-state index in [1.165, 1.54) is 18.2 Å². The standard InChI is InChI=1S/C13H14F3NO2/c14-13(15,16)19-11-6-3-4-10(8-11)17-9-12-5-1-2-7-18-12/h2-4,6-8,12,17H,1,5,9H2. The first-order valence-corrected chi connectivity index (χ1v) is 5.93. The molecular formula is C13H14F3NO2. The summed E-state index contributed by atoms with van der Waals surface area (Å²) in [6, 6.07) is 5.76. The molecule has 19 heavy (non-hydrogen) atoms. The molecule has 0 amide bonds. The number of allylic oxidation sites excluding steroid dienone is 1. The normalized spacial score (nSPS) is 18.8. The Labute approximate surface area is 109 Å². The lowest BCUT2D eigenvalue weighted by molar-refractivity contribution is -0.274. The molecule has 1 aliphatic heterocycles. The van der Waals surface area contributed by atoms with Gasteiger partial charge in [-0.05, 0) is 31.1 Å². The summed E-state index contributed by atoms with van der Waals surface area (Å²) in [7, 11) is 0. The number of halogens is 3. The van der Waals surface area contributed by atoms with Crippen molar-refractivity contribution in [1.29, 1.82) is 0 Å². The first kappa shape index (κ1) is 13.6. The molecule has 1 unspecified atom stereocenters. The van der Waals surface area contributed by atoms with Crippen LogP contribution in [0.2, 0.25) is 0 Å². The summed E-state index contributed by atoms with van der Waals surface area (Å²) >= 11 is 0. The van der Waals surface area contributed by atoms with E-state index in [-0.39, 0.29) is 11.9 Å². The summed E-state index contributed by atoms with van der Waals surface area (Å²) in [5, 5.41) is 3.03. The van der Waals surface area contributed by atoms with E-state index in [0.717, 1.165) is 12.8 Å². The Balaban J connectivity index is 1.89. The molecule has 1 aliphatic rings. The smallest absolute Gasteiger partial charge is 0.497 e. The van der Waals surface area contributed by atoms with Crippen molar-refractivity contribution >= 4 is 5.69 Å². The number of rotatable bonds is 4. The van der Waals surface area contributed by atoms with Gasteiger partial charge in [0.25, 0.3) is 0 Å². The Kier molecular flexibility index (Phi) is 4.19. The van der Waals surface area contributed by atoms with E-state index < -0.39 is 6.36 Å². The third-order valence-corrected chi connectivity index (χ3v) is 2.62. The van der Waals surface area contributed by atoms with Gasteiger partial charge in [-0.15, -0.1) is 13.2 Å². The van der Waals surface area contributed by atoms with Crippen LogP contribution >= 0.6 is 0 Å². The molecule has 2 rings (SSSR count). The van der Waals surface area contributed by atoms with Crippen molar-refractivity contribution in [2.24, 2.45) is 0 Å². The van der Waals surface area contributed by atoms with Crippen molar-refractivity contribution < 1.29 is 22.6 Å². The molecule has 0 saturated heterocycles. The highest BCUT2D eigenvalue weighted by Crippen LogP contribution is 2.25. The molecule has 0 fully saturated rings. The van der Waals surface area contributed by atoms with Gasteiger partial charge in [0.2, 0.25) is 0 Å². The third kappa shape index (κ3) is 4.73.